The van der Waals surface area contributed by atoms with Crippen LogP contribution in [0.25, 0.3) is 0 Å². The second-order valence-electron chi connectivity index (χ2n) is 8.04. The van der Waals surface area contributed by atoms with Crippen molar-refractivity contribution in [1.29, 1.82) is 0 Å². The maximum atomic E-state index is 5.74. The van der Waals surface area contributed by atoms with E-state index in [9.17, 15) is 0 Å². The van der Waals surface area contributed by atoms with Crippen molar-refractivity contribution < 1.29 is 4.74 Å². The fourth-order valence-electron chi connectivity index (χ4n) is 3.43. The Morgan fingerprint density at radius 3 is 1.85 bits per heavy atom. The van der Waals surface area contributed by atoms with Gasteiger partial charge in [0.25, 0.3) is 0 Å². The highest BCUT2D eigenvalue weighted by Gasteiger charge is 1.98. The molecule has 0 aromatic heterocycles. The van der Waals surface area contributed by atoms with Crippen LogP contribution in [-0.4, -0.2) is 13.2 Å². The van der Waals surface area contributed by atoms with Crippen molar-refractivity contribution in [3.8, 4) is 0 Å². The molecule has 1 unspecified atom stereocenters. The first kappa shape index (κ1) is 23.2. The quantitative estimate of drug-likeness (QED) is 0.241. The van der Waals surface area contributed by atoms with Gasteiger partial charge in [0.2, 0.25) is 0 Å². The molecule has 1 atom stereocenters. The minimum absolute atomic E-state index is 0.863. The monoisotopic (exact) mass is 360 g/mol. The number of aryl methyl sites for hydroxylation is 1. The van der Waals surface area contributed by atoms with Gasteiger partial charge < -0.3 is 4.74 Å². The summed E-state index contributed by atoms with van der Waals surface area (Å²) in [6.07, 6.45) is 19.0. The summed E-state index contributed by atoms with van der Waals surface area (Å²) < 4.78 is 5.74. The standard InChI is InChI=1S/C25H44O/c1-3-24(2)18-17-23-26-22-16-11-9-7-5-4-6-8-10-13-19-25-20-14-12-15-21-25/h12,14-15,20-21,24H,3-11,13,16-19,22-23H2,1-2H3. The fourth-order valence-corrected chi connectivity index (χ4v) is 3.43. The molecule has 0 aliphatic rings. The third-order valence-electron chi connectivity index (χ3n) is 5.53. The zero-order chi connectivity index (χ0) is 18.7. The number of unbranched alkanes of at least 4 members (excludes halogenated alkanes) is 9. The van der Waals surface area contributed by atoms with Crippen LogP contribution in [0.5, 0.6) is 0 Å². The van der Waals surface area contributed by atoms with Crippen molar-refractivity contribution in [3.63, 3.8) is 0 Å². The molecule has 0 aliphatic carbocycles. The third-order valence-corrected chi connectivity index (χ3v) is 5.53. The zero-order valence-electron chi connectivity index (χ0n) is 17.7. The molecule has 0 bridgehead atoms. The van der Waals surface area contributed by atoms with Crippen LogP contribution in [-0.2, 0) is 11.2 Å². The smallest absolute Gasteiger partial charge is 0.0466 e. The van der Waals surface area contributed by atoms with Crippen LogP contribution >= 0.6 is 0 Å². The summed E-state index contributed by atoms with van der Waals surface area (Å²) in [5.74, 6) is 0.863. The molecule has 0 saturated heterocycles. The van der Waals surface area contributed by atoms with E-state index in [1.165, 1.54) is 95.5 Å². The number of hydrogen-bond donors (Lipinski definition) is 0. The van der Waals surface area contributed by atoms with E-state index in [1.807, 2.05) is 0 Å². The molecular formula is C25H44O. The van der Waals surface area contributed by atoms with Gasteiger partial charge in [0.05, 0.1) is 0 Å². The lowest BCUT2D eigenvalue weighted by Gasteiger charge is -2.08. The summed E-state index contributed by atoms with van der Waals surface area (Å²) in [6, 6.07) is 10.9. The lowest BCUT2D eigenvalue weighted by atomic mass is 10.0. The first-order chi connectivity index (χ1) is 12.8. The van der Waals surface area contributed by atoms with E-state index in [2.05, 4.69) is 44.2 Å². The van der Waals surface area contributed by atoms with Crippen molar-refractivity contribution in [1.82, 2.24) is 0 Å². The average Bonchev–Trinajstić information content (AvgIpc) is 2.68. The van der Waals surface area contributed by atoms with E-state index < -0.39 is 0 Å². The molecular weight excluding hydrogens is 316 g/mol. The lowest BCUT2D eigenvalue weighted by Crippen LogP contribution is -2.00. The summed E-state index contributed by atoms with van der Waals surface area (Å²) in [5, 5.41) is 0. The predicted octanol–water partition coefficient (Wildman–Crippen LogP) is 7.97. The summed E-state index contributed by atoms with van der Waals surface area (Å²) in [7, 11) is 0. The van der Waals surface area contributed by atoms with Gasteiger partial charge in [-0.15, -0.1) is 0 Å². The Kier molecular flexibility index (Phi) is 15.7. The SMILES string of the molecule is CCC(C)CCCOCCCCCCCCCCCCc1ccccc1. The summed E-state index contributed by atoms with van der Waals surface area (Å²) >= 11 is 0. The molecule has 0 N–H and O–H groups in total. The van der Waals surface area contributed by atoms with Gasteiger partial charge in [-0.1, -0.05) is 102 Å². The highest BCUT2D eigenvalue weighted by Crippen LogP contribution is 2.13. The van der Waals surface area contributed by atoms with Gasteiger partial charge in [-0.05, 0) is 43.6 Å². The lowest BCUT2D eigenvalue weighted by molar-refractivity contribution is 0.123. The Labute approximate surface area is 163 Å². The molecule has 1 heteroatoms. The Morgan fingerprint density at radius 2 is 1.23 bits per heavy atom. The topological polar surface area (TPSA) is 9.23 Å². The number of hydrogen-bond acceptors (Lipinski definition) is 1. The van der Waals surface area contributed by atoms with Crippen LogP contribution in [0.2, 0.25) is 0 Å². The summed E-state index contributed by atoms with van der Waals surface area (Å²) in [4.78, 5) is 0. The molecule has 0 saturated carbocycles. The van der Waals surface area contributed by atoms with Gasteiger partial charge in [0, 0.05) is 13.2 Å². The molecule has 150 valence electrons. The van der Waals surface area contributed by atoms with Crippen molar-refractivity contribution in [2.24, 2.45) is 5.92 Å². The Bertz CT molecular complexity index is 386. The van der Waals surface area contributed by atoms with Gasteiger partial charge >= 0.3 is 0 Å². The molecule has 0 heterocycles. The molecule has 0 aliphatic heterocycles. The minimum atomic E-state index is 0.863. The fraction of sp³-hybridized carbons (Fsp3) is 0.760. The number of rotatable bonds is 18. The van der Waals surface area contributed by atoms with Gasteiger partial charge in [0.1, 0.15) is 0 Å². The van der Waals surface area contributed by atoms with Crippen molar-refractivity contribution in [2.75, 3.05) is 13.2 Å². The van der Waals surface area contributed by atoms with Gasteiger partial charge in [-0.3, -0.25) is 0 Å². The average molecular weight is 361 g/mol. The van der Waals surface area contributed by atoms with E-state index >= 15 is 0 Å². The van der Waals surface area contributed by atoms with Crippen LogP contribution in [0.1, 0.15) is 103 Å². The molecule has 0 fully saturated rings. The molecule has 0 spiro atoms. The maximum absolute atomic E-state index is 5.74. The maximum Gasteiger partial charge on any atom is 0.0466 e. The highest BCUT2D eigenvalue weighted by atomic mass is 16.5. The molecule has 1 aromatic rings. The predicted molar refractivity (Wildman–Crippen MR) is 116 cm³/mol. The molecule has 1 rings (SSSR count). The summed E-state index contributed by atoms with van der Waals surface area (Å²) in [6.45, 7) is 6.55. The van der Waals surface area contributed by atoms with Gasteiger partial charge in [-0.2, -0.15) is 0 Å². The van der Waals surface area contributed by atoms with E-state index in [-0.39, 0.29) is 0 Å². The Morgan fingerprint density at radius 1 is 0.692 bits per heavy atom. The first-order valence-electron chi connectivity index (χ1n) is 11.4. The molecule has 0 amide bonds. The third kappa shape index (κ3) is 14.4. The molecule has 0 radical (unpaired) electrons. The van der Waals surface area contributed by atoms with Crippen LogP contribution in [0.3, 0.4) is 0 Å². The van der Waals surface area contributed by atoms with Crippen molar-refractivity contribution >= 4 is 0 Å². The minimum Gasteiger partial charge on any atom is -0.381 e. The van der Waals surface area contributed by atoms with Gasteiger partial charge in [-0.25, -0.2) is 0 Å². The summed E-state index contributed by atoms with van der Waals surface area (Å²) in [5.41, 5.74) is 1.49. The van der Waals surface area contributed by atoms with Crippen LogP contribution in [0.4, 0.5) is 0 Å². The molecule has 1 nitrogen and oxygen atoms in total. The molecule has 1 aromatic carbocycles. The van der Waals surface area contributed by atoms with E-state index in [1.54, 1.807) is 0 Å². The van der Waals surface area contributed by atoms with E-state index in [4.69, 9.17) is 4.74 Å². The molecule has 26 heavy (non-hydrogen) atoms. The number of benzene rings is 1. The van der Waals surface area contributed by atoms with Crippen LogP contribution in [0.15, 0.2) is 30.3 Å². The van der Waals surface area contributed by atoms with E-state index in [0.717, 1.165) is 19.1 Å². The Hall–Kier alpha value is -0.820. The number of ether oxygens (including phenoxy) is 1. The van der Waals surface area contributed by atoms with Crippen molar-refractivity contribution in [2.45, 2.75) is 104 Å². The Balaban J connectivity index is 1.71. The normalized spacial score (nSPS) is 12.4. The van der Waals surface area contributed by atoms with Gasteiger partial charge in [0.15, 0.2) is 0 Å². The largest absolute Gasteiger partial charge is 0.381 e. The zero-order valence-corrected chi connectivity index (χ0v) is 17.7. The second-order valence-corrected chi connectivity index (χ2v) is 8.04. The van der Waals surface area contributed by atoms with Crippen LogP contribution < -0.4 is 0 Å². The van der Waals surface area contributed by atoms with Crippen molar-refractivity contribution in [3.05, 3.63) is 35.9 Å². The highest BCUT2D eigenvalue weighted by molar-refractivity contribution is 5.14. The van der Waals surface area contributed by atoms with E-state index in [0.29, 0.717) is 0 Å². The second kappa shape index (κ2) is 17.6. The first-order valence-corrected chi connectivity index (χ1v) is 11.4. The van der Waals surface area contributed by atoms with Crippen LogP contribution in [0, 0.1) is 5.92 Å².